The number of nitrogens with one attached hydrogen (secondary N) is 1. The van der Waals surface area contributed by atoms with Gasteiger partial charge in [0.25, 0.3) is 10.0 Å². The van der Waals surface area contributed by atoms with Gasteiger partial charge in [0, 0.05) is 5.69 Å². The van der Waals surface area contributed by atoms with Crippen molar-refractivity contribution in [3.05, 3.63) is 41.3 Å². The highest BCUT2D eigenvalue weighted by molar-refractivity contribution is 7.94. The number of halogens is 1. The van der Waals surface area contributed by atoms with Gasteiger partial charge in [0.1, 0.15) is 5.82 Å². The van der Waals surface area contributed by atoms with Crippen LogP contribution in [0.2, 0.25) is 0 Å². The van der Waals surface area contributed by atoms with Crippen LogP contribution in [0.5, 0.6) is 0 Å². The lowest BCUT2D eigenvalue weighted by molar-refractivity contribution is 0.0590. The summed E-state index contributed by atoms with van der Waals surface area (Å²) in [4.78, 5) is 15.1. The molecule has 0 atom stereocenters. The zero-order chi connectivity index (χ0) is 14.8. The largest absolute Gasteiger partial charge is 0.464 e. The summed E-state index contributed by atoms with van der Waals surface area (Å²) in [6, 6.07) is 4.77. The number of carbonyl (C=O) groups excluding carboxylic acids is 1. The molecular formula is C11H9FN2O4S2. The zero-order valence-corrected chi connectivity index (χ0v) is 11.8. The minimum Gasteiger partial charge on any atom is -0.464 e. The Labute approximate surface area is 118 Å². The number of esters is 1. The van der Waals surface area contributed by atoms with Gasteiger partial charge in [-0.2, -0.15) is 0 Å². The number of methoxy groups -OCH3 is 1. The Bertz CT molecular complexity index is 725. The Kier molecular flexibility index (Phi) is 4.00. The fraction of sp³-hybridized carbons (Fsp3) is 0.0909. The van der Waals surface area contributed by atoms with Crippen LogP contribution in [0.25, 0.3) is 0 Å². The summed E-state index contributed by atoms with van der Waals surface area (Å²) in [6.07, 6.45) is 0. The van der Waals surface area contributed by atoms with Crippen LogP contribution in [0.15, 0.2) is 34.0 Å². The molecule has 0 fully saturated rings. The number of anilines is 1. The van der Waals surface area contributed by atoms with E-state index in [1.165, 1.54) is 17.6 Å². The van der Waals surface area contributed by atoms with Gasteiger partial charge < -0.3 is 4.74 Å². The van der Waals surface area contributed by atoms with Gasteiger partial charge in [-0.3, -0.25) is 4.72 Å². The van der Waals surface area contributed by atoms with Crippen LogP contribution in [0.4, 0.5) is 10.1 Å². The van der Waals surface area contributed by atoms with Crippen molar-refractivity contribution in [3.8, 4) is 0 Å². The SMILES string of the molecule is COC(=O)c1ncsc1S(=O)(=O)Nc1ccc(F)cc1. The van der Waals surface area contributed by atoms with Gasteiger partial charge >= 0.3 is 5.97 Å². The molecule has 0 radical (unpaired) electrons. The van der Waals surface area contributed by atoms with Crippen molar-refractivity contribution in [1.82, 2.24) is 4.98 Å². The molecule has 0 amide bonds. The van der Waals surface area contributed by atoms with Crippen LogP contribution >= 0.6 is 11.3 Å². The van der Waals surface area contributed by atoms with Gasteiger partial charge in [0.2, 0.25) is 0 Å². The monoisotopic (exact) mass is 316 g/mol. The molecule has 0 spiro atoms. The van der Waals surface area contributed by atoms with Crippen LogP contribution in [-0.2, 0) is 14.8 Å². The van der Waals surface area contributed by atoms with Crippen molar-refractivity contribution in [2.45, 2.75) is 4.21 Å². The van der Waals surface area contributed by atoms with Crippen LogP contribution in [0.1, 0.15) is 10.5 Å². The molecule has 0 aliphatic rings. The second kappa shape index (κ2) is 5.55. The van der Waals surface area contributed by atoms with Crippen molar-refractivity contribution in [2.24, 2.45) is 0 Å². The van der Waals surface area contributed by atoms with Crippen molar-refractivity contribution in [3.63, 3.8) is 0 Å². The summed E-state index contributed by atoms with van der Waals surface area (Å²) in [5.74, 6) is -1.33. The smallest absolute Gasteiger partial charge is 0.358 e. The van der Waals surface area contributed by atoms with Gasteiger partial charge in [-0.1, -0.05) is 0 Å². The number of benzene rings is 1. The van der Waals surface area contributed by atoms with Crippen LogP contribution < -0.4 is 4.72 Å². The normalized spacial score (nSPS) is 11.1. The van der Waals surface area contributed by atoms with Crippen molar-refractivity contribution in [1.29, 1.82) is 0 Å². The highest BCUT2D eigenvalue weighted by Gasteiger charge is 2.26. The topological polar surface area (TPSA) is 85.4 Å². The minimum atomic E-state index is -3.99. The van der Waals surface area contributed by atoms with Gasteiger partial charge in [-0.15, -0.1) is 11.3 Å². The second-order valence-electron chi connectivity index (χ2n) is 3.59. The number of aromatic nitrogens is 1. The fourth-order valence-electron chi connectivity index (χ4n) is 1.38. The number of thiazole rings is 1. The van der Waals surface area contributed by atoms with Crippen LogP contribution in [0.3, 0.4) is 0 Å². The number of ether oxygens (including phenoxy) is 1. The first-order valence-electron chi connectivity index (χ1n) is 5.24. The maximum atomic E-state index is 12.8. The molecule has 0 unspecified atom stereocenters. The number of carbonyl (C=O) groups is 1. The van der Waals surface area contributed by atoms with Gasteiger partial charge in [-0.25, -0.2) is 22.6 Å². The van der Waals surface area contributed by atoms with Crippen molar-refractivity contribution >= 4 is 33.0 Å². The first-order chi connectivity index (χ1) is 9.44. The van der Waals surface area contributed by atoms with Crippen LogP contribution in [0, 0.1) is 5.82 Å². The lowest BCUT2D eigenvalue weighted by atomic mass is 10.3. The van der Waals surface area contributed by atoms with E-state index < -0.39 is 21.8 Å². The van der Waals surface area contributed by atoms with E-state index in [1.807, 2.05) is 0 Å². The van der Waals surface area contributed by atoms with Gasteiger partial charge in [0.15, 0.2) is 9.90 Å². The number of hydrogen-bond acceptors (Lipinski definition) is 6. The van der Waals surface area contributed by atoms with E-state index in [4.69, 9.17) is 0 Å². The standard InChI is InChI=1S/C11H9FN2O4S2/c1-18-10(15)9-11(19-6-13-9)20(16,17)14-8-4-2-7(12)3-5-8/h2-6,14H,1H3. The number of nitrogens with zero attached hydrogens (tertiary/aromatic N) is 1. The Balaban J connectivity index is 2.34. The average molecular weight is 316 g/mol. The molecular weight excluding hydrogens is 307 g/mol. The lowest BCUT2D eigenvalue weighted by Crippen LogP contribution is -2.16. The van der Waals surface area contributed by atoms with Crippen molar-refractivity contribution < 1.29 is 22.3 Å². The van der Waals surface area contributed by atoms with Crippen molar-refractivity contribution in [2.75, 3.05) is 11.8 Å². The third-order valence-corrected chi connectivity index (χ3v) is 5.01. The molecule has 1 aromatic heterocycles. The number of rotatable bonds is 4. The maximum Gasteiger partial charge on any atom is 0.358 e. The number of hydrogen-bond donors (Lipinski definition) is 1. The fourth-order valence-corrected chi connectivity index (χ4v) is 3.57. The van der Waals surface area contributed by atoms with Gasteiger partial charge in [0.05, 0.1) is 12.6 Å². The Morgan fingerprint density at radius 3 is 2.60 bits per heavy atom. The summed E-state index contributed by atoms with van der Waals surface area (Å²) >= 11 is 0.786. The maximum absolute atomic E-state index is 12.8. The predicted molar refractivity (Wildman–Crippen MR) is 70.7 cm³/mol. The first kappa shape index (κ1) is 14.4. The molecule has 0 aliphatic heterocycles. The van der Waals surface area contributed by atoms with E-state index in [0.717, 1.165) is 30.6 Å². The molecule has 1 aromatic carbocycles. The van der Waals surface area contributed by atoms with E-state index in [-0.39, 0.29) is 15.6 Å². The highest BCUT2D eigenvalue weighted by Crippen LogP contribution is 2.23. The summed E-state index contributed by atoms with van der Waals surface area (Å²) in [6.45, 7) is 0. The second-order valence-corrected chi connectivity index (χ2v) is 6.32. The van der Waals surface area contributed by atoms with Gasteiger partial charge in [-0.05, 0) is 24.3 Å². The molecule has 20 heavy (non-hydrogen) atoms. The molecule has 6 nitrogen and oxygen atoms in total. The predicted octanol–water partition coefficient (Wildman–Crippen LogP) is 1.87. The summed E-state index contributed by atoms with van der Waals surface area (Å²) in [5, 5.41) is 0. The van der Waals surface area contributed by atoms with E-state index >= 15 is 0 Å². The van der Waals surface area contributed by atoms with E-state index in [9.17, 15) is 17.6 Å². The molecule has 0 aliphatic carbocycles. The molecule has 0 bridgehead atoms. The Morgan fingerprint density at radius 2 is 2.00 bits per heavy atom. The third-order valence-electron chi connectivity index (χ3n) is 2.25. The summed E-state index contributed by atoms with van der Waals surface area (Å²) in [7, 11) is -2.86. The molecule has 106 valence electrons. The van der Waals surface area contributed by atoms with Crippen LogP contribution in [-0.4, -0.2) is 26.5 Å². The molecule has 9 heteroatoms. The lowest BCUT2D eigenvalue weighted by Gasteiger charge is -2.07. The van der Waals surface area contributed by atoms with E-state index in [1.54, 1.807) is 0 Å². The first-order valence-corrected chi connectivity index (χ1v) is 7.60. The van der Waals surface area contributed by atoms with E-state index in [2.05, 4.69) is 14.4 Å². The Hall–Kier alpha value is -2.00. The zero-order valence-electron chi connectivity index (χ0n) is 10.2. The average Bonchev–Trinajstić information content (AvgIpc) is 2.90. The third kappa shape index (κ3) is 2.94. The molecule has 2 rings (SSSR count). The highest BCUT2D eigenvalue weighted by atomic mass is 32.2. The molecule has 2 aromatic rings. The summed E-state index contributed by atoms with van der Waals surface area (Å²) < 4.78 is 43.5. The molecule has 0 saturated heterocycles. The summed E-state index contributed by atoms with van der Waals surface area (Å²) in [5.41, 5.74) is 1.12. The Morgan fingerprint density at radius 1 is 1.35 bits per heavy atom. The number of sulfonamides is 1. The minimum absolute atomic E-state index is 0.176. The molecule has 0 saturated carbocycles. The van der Waals surface area contributed by atoms with E-state index in [0.29, 0.717) is 0 Å². The molecule has 1 heterocycles. The molecule has 1 N–H and O–H groups in total. The quantitative estimate of drug-likeness (QED) is 0.870.